The fraction of sp³-hybridized carbons (Fsp3) is 0.571. The van der Waals surface area contributed by atoms with E-state index in [1.54, 1.807) is 6.07 Å². The third kappa shape index (κ3) is 2.84. The number of amides is 1. The highest BCUT2D eigenvalue weighted by molar-refractivity contribution is 6.27. The third-order valence-corrected chi connectivity index (χ3v) is 6.55. The molecule has 0 radical (unpaired) electrons. The average Bonchev–Trinajstić information content (AvgIpc) is 3.34. The molecule has 1 aromatic rings. The number of nitrogens with zero attached hydrogens (tertiary/aromatic N) is 1. The molecule has 7 heteroatoms. The predicted octanol–water partition coefficient (Wildman–Crippen LogP) is 2.86. The van der Waals surface area contributed by atoms with Crippen LogP contribution in [0.4, 0.5) is 0 Å². The van der Waals surface area contributed by atoms with Gasteiger partial charge >= 0.3 is 5.97 Å². The SMILES string of the molecule is O=C(O)CNC(=O)C1=C(O)c2ccc(C3CCCCC3)n2C2(CCCC2)C1=O. The van der Waals surface area contributed by atoms with Crippen LogP contribution in [0.2, 0.25) is 0 Å². The number of nitrogens with one attached hydrogen (secondary N) is 1. The zero-order valence-electron chi connectivity index (χ0n) is 15.9. The van der Waals surface area contributed by atoms with Gasteiger partial charge in [-0.1, -0.05) is 32.1 Å². The summed E-state index contributed by atoms with van der Waals surface area (Å²) in [5, 5.41) is 21.9. The Labute approximate surface area is 163 Å². The number of rotatable bonds is 4. The van der Waals surface area contributed by atoms with E-state index < -0.39 is 24.0 Å². The van der Waals surface area contributed by atoms with E-state index in [1.165, 1.54) is 6.42 Å². The molecule has 0 bridgehead atoms. The van der Waals surface area contributed by atoms with Gasteiger partial charge in [0.25, 0.3) is 5.91 Å². The summed E-state index contributed by atoms with van der Waals surface area (Å²) in [6, 6.07) is 3.79. The number of Topliss-reactive ketones (excluding diaryl/α,β-unsaturated/α-hetero) is 1. The lowest BCUT2D eigenvalue weighted by atomic mass is 9.81. The lowest BCUT2D eigenvalue weighted by Gasteiger charge is -2.39. The van der Waals surface area contributed by atoms with Crippen molar-refractivity contribution in [1.29, 1.82) is 0 Å². The monoisotopic (exact) mass is 386 g/mol. The Morgan fingerprint density at radius 3 is 2.43 bits per heavy atom. The van der Waals surface area contributed by atoms with E-state index in [4.69, 9.17) is 5.11 Å². The van der Waals surface area contributed by atoms with Crippen LogP contribution in [0.25, 0.3) is 5.76 Å². The molecule has 3 aliphatic rings. The zero-order chi connectivity index (χ0) is 19.9. The molecule has 3 N–H and O–H groups in total. The van der Waals surface area contributed by atoms with Crippen molar-refractivity contribution < 1.29 is 24.6 Å². The van der Waals surface area contributed by atoms with Crippen LogP contribution in [0.5, 0.6) is 0 Å². The Bertz CT molecular complexity index is 854. The Hall–Kier alpha value is -2.57. The number of aromatic nitrogens is 1. The minimum absolute atomic E-state index is 0.302. The van der Waals surface area contributed by atoms with Gasteiger partial charge in [0.2, 0.25) is 0 Å². The number of hydrogen-bond acceptors (Lipinski definition) is 4. The molecular formula is C21H26N2O5. The van der Waals surface area contributed by atoms with Gasteiger partial charge in [0.1, 0.15) is 17.7 Å². The van der Waals surface area contributed by atoms with Gasteiger partial charge in [0.05, 0.1) is 5.69 Å². The molecule has 0 saturated heterocycles. The number of aliphatic hydroxyl groups is 1. The van der Waals surface area contributed by atoms with Gasteiger partial charge in [-0.05, 0) is 43.7 Å². The molecule has 28 heavy (non-hydrogen) atoms. The van der Waals surface area contributed by atoms with Crippen molar-refractivity contribution in [2.45, 2.75) is 69.2 Å². The number of aliphatic carboxylic acids is 1. The number of ketones is 1. The van der Waals surface area contributed by atoms with Crippen molar-refractivity contribution in [3.8, 4) is 0 Å². The van der Waals surface area contributed by atoms with E-state index >= 15 is 0 Å². The normalized spacial score (nSPS) is 21.8. The fourth-order valence-corrected chi connectivity index (χ4v) is 5.27. The van der Waals surface area contributed by atoms with Crippen LogP contribution in [0.1, 0.15) is 75.1 Å². The number of carboxylic acid groups (broad SMARTS) is 1. The van der Waals surface area contributed by atoms with Crippen LogP contribution < -0.4 is 5.32 Å². The molecule has 1 aliphatic heterocycles. The molecule has 0 unspecified atom stereocenters. The van der Waals surface area contributed by atoms with Crippen molar-refractivity contribution >= 4 is 23.4 Å². The van der Waals surface area contributed by atoms with E-state index in [2.05, 4.69) is 5.32 Å². The maximum atomic E-state index is 13.5. The van der Waals surface area contributed by atoms with Crippen LogP contribution in [0.3, 0.4) is 0 Å². The Kier molecular flexibility index (Phi) is 4.77. The summed E-state index contributed by atoms with van der Waals surface area (Å²) in [6.07, 6.45) is 8.75. The van der Waals surface area contributed by atoms with E-state index in [-0.39, 0.29) is 17.1 Å². The topological polar surface area (TPSA) is 109 Å². The standard InChI is InChI=1S/C21H26N2O5/c24-16(25)12-22-20(28)17-18(26)15-9-8-14(13-6-2-1-3-7-13)23(15)21(19(17)27)10-4-5-11-21/h8-9,13,26H,1-7,10-12H2,(H,22,28)(H,24,25). The molecule has 2 aliphatic carbocycles. The number of carbonyl (C=O) groups is 3. The summed E-state index contributed by atoms with van der Waals surface area (Å²) < 4.78 is 2.02. The first kappa shape index (κ1) is 18.8. The van der Waals surface area contributed by atoms with E-state index in [1.807, 2.05) is 10.6 Å². The summed E-state index contributed by atoms with van der Waals surface area (Å²) in [5.41, 5.74) is 0.446. The highest BCUT2D eigenvalue weighted by Crippen LogP contribution is 2.48. The van der Waals surface area contributed by atoms with Gasteiger partial charge in [-0.3, -0.25) is 14.4 Å². The minimum atomic E-state index is -1.20. The second kappa shape index (κ2) is 7.11. The average molecular weight is 386 g/mol. The molecular weight excluding hydrogens is 360 g/mol. The highest BCUT2D eigenvalue weighted by Gasteiger charge is 2.52. The summed E-state index contributed by atoms with van der Waals surface area (Å²) in [5.74, 6) is -2.38. The number of carbonyl (C=O) groups excluding carboxylic acids is 2. The first-order chi connectivity index (χ1) is 13.5. The van der Waals surface area contributed by atoms with Gasteiger partial charge in [-0.25, -0.2) is 0 Å². The summed E-state index contributed by atoms with van der Waals surface area (Å²) >= 11 is 0. The molecule has 0 aromatic carbocycles. The Morgan fingerprint density at radius 2 is 1.79 bits per heavy atom. The van der Waals surface area contributed by atoms with Gasteiger partial charge in [0, 0.05) is 5.69 Å². The third-order valence-electron chi connectivity index (χ3n) is 6.55. The lowest BCUT2D eigenvalue weighted by Crippen LogP contribution is -2.48. The molecule has 2 saturated carbocycles. The minimum Gasteiger partial charge on any atom is -0.505 e. The molecule has 1 aromatic heterocycles. The second-order valence-corrected chi connectivity index (χ2v) is 8.18. The second-order valence-electron chi connectivity index (χ2n) is 8.18. The molecule has 150 valence electrons. The quantitative estimate of drug-likeness (QED) is 0.690. The molecule has 1 amide bonds. The van der Waals surface area contributed by atoms with Crippen molar-refractivity contribution in [3.05, 3.63) is 29.1 Å². The van der Waals surface area contributed by atoms with Gasteiger partial charge in [0.15, 0.2) is 11.5 Å². The maximum absolute atomic E-state index is 13.5. The van der Waals surface area contributed by atoms with Gasteiger partial charge in [-0.2, -0.15) is 0 Å². The highest BCUT2D eigenvalue weighted by atomic mass is 16.4. The molecule has 2 heterocycles. The van der Waals surface area contributed by atoms with Crippen LogP contribution in [-0.4, -0.2) is 39.0 Å². The van der Waals surface area contributed by atoms with Gasteiger partial charge < -0.3 is 20.1 Å². The molecule has 0 atom stereocenters. The Morgan fingerprint density at radius 1 is 1.11 bits per heavy atom. The molecule has 4 rings (SSSR count). The van der Waals surface area contributed by atoms with Crippen molar-refractivity contribution in [1.82, 2.24) is 9.88 Å². The summed E-state index contributed by atoms with van der Waals surface area (Å²) in [6.45, 7) is -0.593. The molecule has 1 spiro atoms. The first-order valence-corrected chi connectivity index (χ1v) is 10.2. The molecule has 7 nitrogen and oxygen atoms in total. The predicted molar refractivity (Wildman–Crippen MR) is 102 cm³/mol. The van der Waals surface area contributed by atoms with Crippen molar-refractivity contribution in [2.24, 2.45) is 0 Å². The van der Waals surface area contributed by atoms with Crippen LogP contribution in [0.15, 0.2) is 17.7 Å². The van der Waals surface area contributed by atoms with E-state index in [0.29, 0.717) is 24.5 Å². The maximum Gasteiger partial charge on any atom is 0.322 e. The van der Waals surface area contributed by atoms with Gasteiger partial charge in [-0.15, -0.1) is 0 Å². The number of fused-ring (bicyclic) bond motifs is 2. The first-order valence-electron chi connectivity index (χ1n) is 10.2. The zero-order valence-corrected chi connectivity index (χ0v) is 15.9. The number of carboxylic acids is 1. The van der Waals surface area contributed by atoms with Crippen LogP contribution >= 0.6 is 0 Å². The summed E-state index contributed by atoms with van der Waals surface area (Å²) in [7, 11) is 0. The fourth-order valence-electron chi connectivity index (χ4n) is 5.27. The number of hydrogen-bond donors (Lipinski definition) is 3. The Balaban J connectivity index is 1.81. The largest absolute Gasteiger partial charge is 0.505 e. The smallest absolute Gasteiger partial charge is 0.322 e. The van der Waals surface area contributed by atoms with Crippen molar-refractivity contribution in [2.75, 3.05) is 6.54 Å². The van der Waals surface area contributed by atoms with Crippen molar-refractivity contribution in [3.63, 3.8) is 0 Å². The van der Waals surface area contributed by atoms with E-state index in [0.717, 1.165) is 44.2 Å². The van der Waals surface area contributed by atoms with Crippen LogP contribution in [0, 0.1) is 0 Å². The number of aliphatic hydroxyl groups excluding tert-OH is 1. The van der Waals surface area contributed by atoms with E-state index in [9.17, 15) is 19.5 Å². The molecule has 2 fully saturated rings. The van der Waals surface area contributed by atoms with Crippen LogP contribution in [-0.2, 0) is 19.9 Å². The summed E-state index contributed by atoms with van der Waals surface area (Å²) in [4.78, 5) is 36.8. The lowest BCUT2D eigenvalue weighted by molar-refractivity contribution is -0.138.